The van der Waals surface area contributed by atoms with Gasteiger partial charge in [0.05, 0.1) is 12.8 Å². The minimum atomic E-state index is 0.623. The van der Waals surface area contributed by atoms with Crippen molar-refractivity contribution in [2.24, 2.45) is 0 Å². The molecule has 1 saturated heterocycles. The largest absolute Gasteiger partial charge is 0.495 e. The molecule has 1 aliphatic rings. The molecule has 3 N–H and O–H groups in total. The van der Waals surface area contributed by atoms with E-state index in [1.165, 1.54) is 18.4 Å². The molecular formula is C12H18N2O. The maximum atomic E-state index is 5.86. The predicted molar refractivity (Wildman–Crippen MR) is 62.1 cm³/mol. The van der Waals surface area contributed by atoms with Gasteiger partial charge in [-0.3, -0.25) is 0 Å². The fraction of sp³-hybridized carbons (Fsp3) is 0.500. The molecule has 0 radical (unpaired) electrons. The molecular weight excluding hydrogens is 188 g/mol. The van der Waals surface area contributed by atoms with Gasteiger partial charge in [-0.2, -0.15) is 0 Å². The van der Waals surface area contributed by atoms with E-state index in [4.69, 9.17) is 10.5 Å². The SMILES string of the molecule is COc1ccc(CC2CCCN2)cc1N. The molecule has 1 atom stereocenters. The maximum Gasteiger partial charge on any atom is 0.141 e. The zero-order valence-corrected chi connectivity index (χ0v) is 9.12. The third-order valence-corrected chi connectivity index (χ3v) is 2.94. The molecule has 2 rings (SSSR count). The Bertz CT molecular complexity index is 332. The monoisotopic (exact) mass is 206 g/mol. The lowest BCUT2D eigenvalue weighted by Gasteiger charge is -2.11. The van der Waals surface area contributed by atoms with Crippen LogP contribution in [0.3, 0.4) is 0 Å². The molecule has 0 spiro atoms. The van der Waals surface area contributed by atoms with Gasteiger partial charge < -0.3 is 15.8 Å². The van der Waals surface area contributed by atoms with E-state index in [1.54, 1.807) is 7.11 Å². The number of benzene rings is 1. The van der Waals surface area contributed by atoms with Crippen LogP contribution in [0.4, 0.5) is 5.69 Å². The van der Waals surface area contributed by atoms with Crippen molar-refractivity contribution < 1.29 is 4.74 Å². The lowest BCUT2D eigenvalue weighted by atomic mass is 10.0. The molecule has 3 nitrogen and oxygen atoms in total. The average Bonchev–Trinajstić information content (AvgIpc) is 2.71. The summed E-state index contributed by atoms with van der Waals surface area (Å²) in [5, 5.41) is 3.48. The zero-order valence-electron chi connectivity index (χ0n) is 9.12. The number of rotatable bonds is 3. The minimum Gasteiger partial charge on any atom is -0.495 e. The first-order valence-electron chi connectivity index (χ1n) is 5.45. The highest BCUT2D eigenvalue weighted by Crippen LogP contribution is 2.23. The molecule has 1 fully saturated rings. The van der Waals surface area contributed by atoms with Crippen LogP contribution in [0, 0.1) is 0 Å². The Labute approximate surface area is 90.6 Å². The molecule has 15 heavy (non-hydrogen) atoms. The first-order valence-corrected chi connectivity index (χ1v) is 5.45. The molecule has 1 aromatic carbocycles. The quantitative estimate of drug-likeness (QED) is 0.738. The van der Waals surface area contributed by atoms with Crippen LogP contribution in [0.25, 0.3) is 0 Å². The predicted octanol–water partition coefficient (Wildman–Crippen LogP) is 1.57. The molecule has 1 aromatic rings. The van der Waals surface area contributed by atoms with Crippen LogP contribution in [0.5, 0.6) is 5.75 Å². The van der Waals surface area contributed by atoms with Crippen LogP contribution < -0.4 is 15.8 Å². The van der Waals surface area contributed by atoms with E-state index in [0.717, 1.165) is 24.4 Å². The van der Waals surface area contributed by atoms with Crippen molar-refractivity contribution >= 4 is 5.69 Å². The van der Waals surface area contributed by atoms with E-state index in [1.807, 2.05) is 12.1 Å². The normalized spacial score (nSPS) is 20.5. The molecule has 1 unspecified atom stereocenters. The summed E-state index contributed by atoms with van der Waals surface area (Å²) in [7, 11) is 1.64. The van der Waals surface area contributed by atoms with Crippen molar-refractivity contribution in [3.63, 3.8) is 0 Å². The molecule has 0 saturated carbocycles. The summed E-state index contributed by atoms with van der Waals surface area (Å²) in [5.74, 6) is 0.762. The third kappa shape index (κ3) is 2.42. The second-order valence-electron chi connectivity index (χ2n) is 4.07. The molecule has 0 aliphatic carbocycles. The van der Waals surface area contributed by atoms with Crippen LogP contribution in [0.15, 0.2) is 18.2 Å². The Morgan fingerprint density at radius 2 is 2.40 bits per heavy atom. The average molecular weight is 206 g/mol. The number of methoxy groups -OCH3 is 1. The van der Waals surface area contributed by atoms with Crippen molar-refractivity contribution in [3.8, 4) is 5.75 Å². The van der Waals surface area contributed by atoms with E-state index in [-0.39, 0.29) is 0 Å². The van der Waals surface area contributed by atoms with Gasteiger partial charge in [0.2, 0.25) is 0 Å². The van der Waals surface area contributed by atoms with Crippen molar-refractivity contribution in [2.45, 2.75) is 25.3 Å². The lowest BCUT2D eigenvalue weighted by molar-refractivity contribution is 0.416. The van der Waals surface area contributed by atoms with E-state index in [0.29, 0.717) is 6.04 Å². The molecule has 1 aliphatic heterocycles. The number of nitrogens with one attached hydrogen (secondary N) is 1. The Morgan fingerprint density at radius 1 is 1.53 bits per heavy atom. The van der Waals surface area contributed by atoms with Crippen LogP contribution in [-0.4, -0.2) is 19.7 Å². The van der Waals surface area contributed by atoms with Gasteiger partial charge in [0.15, 0.2) is 0 Å². The number of hydrogen-bond acceptors (Lipinski definition) is 3. The fourth-order valence-electron chi connectivity index (χ4n) is 2.13. The summed E-state index contributed by atoms with van der Waals surface area (Å²) in [6.45, 7) is 1.15. The van der Waals surface area contributed by atoms with Crippen molar-refractivity contribution in [1.29, 1.82) is 0 Å². The summed E-state index contributed by atoms with van der Waals surface area (Å²) in [6, 6.07) is 6.67. The van der Waals surface area contributed by atoms with E-state index < -0.39 is 0 Å². The summed E-state index contributed by atoms with van der Waals surface area (Å²) in [4.78, 5) is 0. The minimum absolute atomic E-state index is 0.623. The topological polar surface area (TPSA) is 47.3 Å². The highest BCUT2D eigenvalue weighted by molar-refractivity contribution is 5.54. The number of ether oxygens (including phenoxy) is 1. The van der Waals surface area contributed by atoms with Crippen LogP contribution in [-0.2, 0) is 6.42 Å². The van der Waals surface area contributed by atoms with Crippen LogP contribution in [0.1, 0.15) is 18.4 Å². The summed E-state index contributed by atoms with van der Waals surface area (Å²) in [6.07, 6.45) is 3.62. The third-order valence-electron chi connectivity index (χ3n) is 2.94. The van der Waals surface area contributed by atoms with E-state index >= 15 is 0 Å². The van der Waals surface area contributed by atoms with Crippen molar-refractivity contribution in [3.05, 3.63) is 23.8 Å². The summed E-state index contributed by atoms with van der Waals surface area (Å²) >= 11 is 0. The first-order chi connectivity index (χ1) is 7.29. The molecule has 1 heterocycles. The van der Waals surface area contributed by atoms with Gasteiger partial charge in [-0.15, -0.1) is 0 Å². The second kappa shape index (κ2) is 4.53. The van der Waals surface area contributed by atoms with Gasteiger partial charge in [-0.1, -0.05) is 6.07 Å². The number of nitrogen functional groups attached to an aromatic ring is 1. The zero-order chi connectivity index (χ0) is 10.7. The van der Waals surface area contributed by atoms with Crippen molar-refractivity contribution in [1.82, 2.24) is 5.32 Å². The van der Waals surface area contributed by atoms with Crippen LogP contribution >= 0.6 is 0 Å². The molecule has 0 amide bonds. The maximum absolute atomic E-state index is 5.86. The number of anilines is 1. The Kier molecular flexibility index (Phi) is 3.11. The molecule has 0 bridgehead atoms. The standard InChI is InChI=1S/C12H18N2O/c1-15-12-5-4-9(8-11(12)13)7-10-3-2-6-14-10/h4-5,8,10,14H,2-3,6-7,13H2,1H3. The van der Waals surface area contributed by atoms with Gasteiger partial charge in [-0.05, 0) is 43.5 Å². The van der Waals surface area contributed by atoms with E-state index in [2.05, 4.69) is 11.4 Å². The highest BCUT2D eigenvalue weighted by atomic mass is 16.5. The van der Waals surface area contributed by atoms with Crippen LogP contribution in [0.2, 0.25) is 0 Å². The number of nitrogens with two attached hydrogens (primary N) is 1. The molecule has 3 heteroatoms. The van der Waals surface area contributed by atoms with Gasteiger partial charge in [0.25, 0.3) is 0 Å². The second-order valence-corrected chi connectivity index (χ2v) is 4.07. The highest BCUT2D eigenvalue weighted by Gasteiger charge is 2.14. The Hall–Kier alpha value is -1.22. The summed E-state index contributed by atoms with van der Waals surface area (Å²) < 4.78 is 5.13. The van der Waals surface area contributed by atoms with Gasteiger partial charge in [0.1, 0.15) is 5.75 Å². The molecule has 82 valence electrons. The fourth-order valence-corrected chi connectivity index (χ4v) is 2.13. The smallest absolute Gasteiger partial charge is 0.141 e. The van der Waals surface area contributed by atoms with Crippen molar-refractivity contribution in [2.75, 3.05) is 19.4 Å². The summed E-state index contributed by atoms with van der Waals surface area (Å²) in [5.41, 5.74) is 7.88. The van der Waals surface area contributed by atoms with Gasteiger partial charge in [0, 0.05) is 6.04 Å². The lowest BCUT2D eigenvalue weighted by Crippen LogP contribution is -2.23. The Balaban J connectivity index is 2.05. The first kappa shape index (κ1) is 10.3. The Morgan fingerprint density at radius 3 is 3.00 bits per heavy atom. The van der Waals surface area contributed by atoms with Gasteiger partial charge in [-0.25, -0.2) is 0 Å². The molecule has 0 aromatic heterocycles. The van der Waals surface area contributed by atoms with Gasteiger partial charge >= 0.3 is 0 Å². The van der Waals surface area contributed by atoms with E-state index in [9.17, 15) is 0 Å². The number of hydrogen-bond donors (Lipinski definition) is 2.